The molecule has 3 nitrogen and oxygen atoms in total. The van der Waals surface area contributed by atoms with Crippen LogP contribution in [-0.4, -0.2) is 26.6 Å². The molecule has 1 aromatic rings. The lowest BCUT2D eigenvalue weighted by molar-refractivity contribution is 0.418. The third-order valence-electron chi connectivity index (χ3n) is 4.42. The molecule has 2 rings (SSSR count). The summed E-state index contributed by atoms with van der Waals surface area (Å²) in [6.45, 7) is 2.48. The van der Waals surface area contributed by atoms with E-state index >= 15 is 0 Å². The molecule has 0 aromatic heterocycles. The summed E-state index contributed by atoms with van der Waals surface area (Å²) in [5, 5.41) is 0. The summed E-state index contributed by atoms with van der Waals surface area (Å²) in [6, 6.07) is 9.77. The van der Waals surface area contributed by atoms with Gasteiger partial charge in [-0.1, -0.05) is 43.7 Å². The molecule has 0 amide bonds. The number of halogens is 1. The lowest BCUT2D eigenvalue weighted by Crippen LogP contribution is -2.34. The Labute approximate surface area is 133 Å². The average Bonchev–Trinajstić information content (AvgIpc) is 2.93. The smallest absolute Gasteiger partial charge is 0.212 e. The Morgan fingerprint density at radius 3 is 2.57 bits per heavy atom. The lowest BCUT2D eigenvalue weighted by atomic mass is 9.98. The molecule has 0 bridgehead atoms. The highest BCUT2D eigenvalue weighted by Crippen LogP contribution is 2.32. The van der Waals surface area contributed by atoms with Gasteiger partial charge in [0.05, 0.1) is 5.75 Å². The number of nitrogens with one attached hydrogen (secondary N) is 1. The summed E-state index contributed by atoms with van der Waals surface area (Å²) in [5.41, 5.74) is 1.06. The quantitative estimate of drug-likeness (QED) is 0.780. The molecular formula is C16H24ClNO2S. The van der Waals surface area contributed by atoms with Gasteiger partial charge in [0.1, 0.15) is 0 Å². The lowest BCUT2D eigenvalue weighted by Gasteiger charge is -2.19. The highest BCUT2D eigenvalue weighted by Gasteiger charge is 2.28. The second-order valence-corrected chi connectivity index (χ2v) is 8.21. The van der Waals surface area contributed by atoms with Crippen LogP contribution in [0.3, 0.4) is 0 Å². The Morgan fingerprint density at radius 1 is 1.24 bits per heavy atom. The molecule has 0 aliphatic heterocycles. The van der Waals surface area contributed by atoms with Crippen LogP contribution in [-0.2, 0) is 10.0 Å². The Bertz CT molecular complexity index is 532. The van der Waals surface area contributed by atoms with Gasteiger partial charge >= 0.3 is 0 Å². The van der Waals surface area contributed by atoms with Crippen molar-refractivity contribution in [3.63, 3.8) is 0 Å². The summed E-state index contributed by atoms with van der Waals surface area (Å²) < 4.78 is 27.2. The first-order chi connectivity index (χ1) is 10.0. The summed E-state index contributed by atoms with van der Waals surface area (Å²) >= 11 is 5.94. The van der Waals surface area contributed by atoms with Gasteiger partial charge in [0.2, 0.25) is 10.0 Å². The second kappa shape index (κ2) is 7.61. The van der Waals surface area contributed by atoms with Crippen molar-refractivity contribution < 1.29 is 8.42 Å². The van der Waals surface area contributed by atoms with E-state index in [4.69, 9.17) is 11.6 Å². The third kappa shape index (κ3) is 4.97. The second-order valence-electron chi connectivity index (χ2n) is 6.05. The van der Waals surface area contributed by atoms with Crippen molar-refractivity contribution in [1.29, 1.82) is 0 Å². The maximum Gasteiger partial charge on any atom is 0.212 e. The maximum atomic E-state index is 12.2. The zero-order valence-corrected chi connectivity index (χ0v) is 14.0. The van der Waals surface area contributed by atoms with Gasteiger partial charge in [-0.3, -0.25) is 0 Å². The third-order valence-corrected chi connectivity index (χ3v) is 6.36. The van der Waals surface area contributed by atoms with Crippen molar-refractivity contribution in [2.24, 2.45) is 11.8 Å². The average molecular weight is 330 g/mol. The van der Waals surface area contributed by atoms with Gasteiger partial charge in [0, 0.05) is 12.4 Å². The summed E-state index contributed by atoms with van der Waals surface area (Å²) in [4.78, 5) is 0. The van der Waals surface area contributed by atoms with Crippen LogP contribution in [0, 0.1) is 11.8 Å². The van der Waals surface area contributed by atoms with Crippen LogP contribution in [0.2, 0.25) is 0 Å². The van der Waals surface area contributed by atoms with Crippen molar-refractivity contribution in [2.45, 2.75) is 32.1 Å². The first kappa shape index (κ1) is 16.8. The molecule has 3 unspecified atom stereocenters. The standard InChI is InChI=1S/C16H24ClNO2S/c1-13(14-6-3-2-4-7-14)12-21(19,20)18-11-16-9-5-8-15(16)10-17/h2-4,6-7,13,15-16,18H,5,8-12H2,1H3. The number of hydrogen-bond acceptors (Lipinski definition) is 2. The van der Waals surface area contributed by atoms with Crippen LogP contribution in [0.5, 0.6) is 0 Å². The molecule has 0 radical (unpaired) electrons. The van der Waals surface area contributed by atoms with E-state index in [1.807, 2.05) is 37.3 Å². The Kier molecular flexibility index (Phi) is 6.08. The van der Waals surface area contributed by atoms with Gasteiger partial charge in [0.25, 0.3) is 0 Å². The van der Waals surface area contributed by atoms with E-state index in [0.29, 0.717) is 24.3 Å². The van der Waals surface area contributed by atoms with Crippen molar-refractivity contribution in [3.8, 4) is 0 Å². The minimum absolute atomic E-state index is 0.00361. The van der Waals surface area contributed by atoms with Gasteiger partial charge in [-0.2, -0.15) is 0 Å². The van der Waals surface area contributed by atoms with Gasteiger partial charge in [-0.15, -0.1) is 11.6 Å². The molecule has 1 aliphatic rings. The minimum atomic E-state index is -3.24. The molecule has 1 fully saturated rings. The normalized spacial score (nSPS) is 24.1. The molecule has 1 saturated carbocycles. The van der Waals surface area contributed by atoms with E-state index in [2.05, 4.69) is 4.72 Å². The summed E-state index contributed by atoms with van der Waals surface area (Å²) in [7, 11) is -3.24. The van der Waals surface area contributed by atoms with E-state index in [0.717, 1.165) is 24.8 Å². The van der Waals surface area contributed by atoms with Crippen molar-refractivity contribution >= 4 is 21.6 Å². The predicted octanol–water partition coefficient (Wildman–Crippen LogP) is 3.36. The molecule has 5 heteroatoms. The number of alkyl halides is 1. The predicted molar refractivity (Wildman–Crippen MR) is 88.2 cm³/mol. The molecule has 0 spiro atoms. The first-order valence-corrected chi connectivity index (χ1v) is 9.79. The van der Waals surface area contributed by atoms with Gasteiger partial charge in [0.15, 0.2) is 0 Å². The van der Waals surface area contributed by atoms with Crippen LogP contribution in [0.15, 0.2) is 30.3 Å². The molecule has 1 N–H and O–H groups in total. The van der Waals surface area contributed by atoms with Crippen LogP contribution < -0.4 is 4.72 Å². The highest BCUT2D eigenvalue weighted by atomic mass is 35.5. The zero-order chi connectivity index (χ0) is 15.3. The summed E-state index contributed by atoms with van der Waals surface area (Å²) in [6.07, 6.45) is 3.36. The maximum absolute atomic E-state index is 12.2. The minimum Gasteiger partial charge on any atom is -0.215 e. The van der Waals surface area contributed by atoms with E-state index in [1.54, 1.807) is 0 Å². The molecule has 21 heavy (non-hydrogen) atoms. The van der Waals surface area contributed by atoms with Gasteiger partial charge in [-0.05, 0) is 36.2 Å². The van der Waals surface area contributed by atoms with Crippen LogP contribution in [0.25, 0.3) is 0 Å². The first-order valence-electron chi connectivity index (χ1n) is 7.60. The number of rotatable bonds is 7. The van der Waals surface area contributed by atoms with E-state index in [9.17, 15) is 8.42 Å². The molecule has 1 aliphatic carbocycles. The Balaban J connectivity index is 1.87. The fourth-order valence-electron chi connectivity index (χ4n) is 3.09. The zero-order valence-electron chi connectivity index (χ0n) is 12.5. The Morgan fingerprint density at radius 2 is 1.90 bits per heavy atom. The van der Waals surface area contributed by atoms with Crippen molar-refractivity contribution in [2.75, 3.05) is 18.2 Å². The van der Waals surface area contributed by atoms with Crippen molar-refractivity contribution in [3.05, 3.63) is 35.9 Å². The highest BCUT2D eigenvalue weighted by molar-refractivity contribution is 7.89. The molecule has 0 saturated heterocycles. The van der Waals surface area contributed by atoms with Crippen molar-refractivity contribution in [1.82, 2.24) is 4.72 Å². The molecular weight excluding hydrogens is 306 g/mol. The summed E-state index contributed by atoms with van der Waals surface area (Å²) in [5.74, 6) is 1.61. The van der Waals surface area contributed by atoms with E-state index < -0.39 is 10.0 Å². The van der Waals surface area contributed by atoms with Gasteiger partial charge < -0.3 is 0 Å². The number of benzene rings is 1. The topological polar surface area (TPSA) is 46.2 Å². The molecule has 0 heterocycles. The van der Waals surface area contributed by atoms with Crippen LogP contribution in [0.1, 0.15) is 37.7 Å². The van der Waals surface area contributed by atoms with E-state index in [1.165, 1.54) is 0 Å². The largest absolute Gasteiger partial charge is 0.215 e. The molecule has 1 aromatic carbocycles. The van der Waals surface area contributed by atoms with Crippen LogP contribution in [0.4, 0.5) is 0 Å². The van der Waals surface area contributed by atoms with Gasteiger partial charge in [-0.25, -0.2) is 13.1 Å². The molecule has 3 atom stereocenters. The fourth-order valence-corrected chi connectivity index (χ4v) is 4.93. The monoisotopic (exact) mass is 329 g/mol. The fraction of sp³-hybridized carbons (Fsp3) is 0.625. The molecule has 118 valence electrons. The number of hydrogen-bond donors (Lipinski definition) is 1. The Hall–Kier alpha value is -0.580. The SMILES string of the molecule is CC(CS(=O)(=O)NCC1CCCC1CCl)c1ccccc1. The van der Waals surface area contributed by atoms with Crippen LogP contribution >= 0.6 is 11.6 Å². The number of sulfonamides is 1. The van der Waals surface area contributed by atoms with E-state index in [-0.39, 0.29) is 11.7 Å².